The molecule has 0 atom stereocenters. The summed E-state index contributed by atoms with van der Waals surface area (Å²) in [5.41, 5.74) is 5.11. The summed E-state index contributed by atoms with van der Waals surface area (Å²) in [4.78, 5) is 0. The van der Waals surface area contributed by atoms with Crippen LogP contribution in [0.2, 0.25) is 0 Å². The van der Waals surface area contributed by atoms with Gasteiger partial charge in [0.05, 0.1) is 5.56 Å². The molecule has 4 N–H and O–H groups in total. The SMILES string of the molecule is N=C(N)c1cc(C(F)(F)F)ccc1NC1CC1. The maximum absolute atomic E-state index is 12.5. The van der Waals surface area contributed by atoms with Gasteiger partial charge in [-0.2, -0.15) is 13.2 Å². The van der Waals surface area contributed by atoms with Crippen LogP contribution < -0.4 is 11.1 Å². The molecule has 2 rings (SSSR count). The fourth-order valence-corrected chi connectivity index (χ4v) is 1.52. The van der Waals surface area contributed by atoms with Crippen LogP contribution in [0.1, 0.15) is 24.0 Å². The Bertz CT molecular complexity index is 450. The highest BCUT2D eigenvalue weighted by molar-refractivity contribution is 6.00. The lowest BCUT2D eigenvalue weighted by Gasteiger charge is -2.13. The van der Waals surface area contributed by atoms with Crippen molar-refractivity contribution < 1.29 is 13.2 Å². The number of halogens is 3. The van der Waals surface area contributed by atoms with Crippen molar-refractivity contribution in [2.75, 3.05) is 5.32 Å². The first-order valence-electron chi connectivity index (χ1n) is 5.20. The van der Waals surface area contributed by atoms with E-state index in [1.807, 2.05) is 0 Å². The number of rotatable bonds is 3. The summed E-state index contributed by atoms with van der Waals surface area (Å²) in [6.45, 7) is 0. The lowest BCUT2D eigenvalue weighted by Crippen LogP contribution is -2.17. The standard InChI is InChI=1S/C11H12F3N3/c12-11(13,14)6-1-4-9(17-7-2-3-7)8(5-6)10(15)16/h1,4-5,7,17H,2-3H2,(H3,15,16). The molecule has 3 nitrogen and oxygen atoms in total. The maximum Gasteiger partial charge on any atom is 0.416 e. The molecule has 1 aliphatic carbocycles. The highest BCUT2D eigenvalue weighted by Crippen LogP contribution is 2.33. The Morgan fingerprint density at radius 2 is 2.00 bits per heavy atom. The minimum atomic E-state index is -4.41. The number of nitrogens with one attached hydrogen (secondary N) is 2. The Kier molecular flexibility index (Phi) is 2.73. The number of amidine groups is 1. The maximum atomic E-state index is 12.5. The zero-order valence-corrected chi connectivity index (χ0v) is 8.93. The molecule has 1 aromatic rings. The average molecular weight is 243 g/mol. The van der Waals surface area contributed by atoms with Crippen molar-refractivity contribution in [3.05, 3.63) is 29.3 Å². The second-order valence-corrected chi connectivity index (χ2v) is 4.09. The van der Waals surface area contributed by atoms with Crippen LogP contribution >= 0.6 is 0 Å². The van der Waals surface area contributed by atoms with E-state index in [-0.39, 0.29) is 11.4 Å². The van der Waals surface area contributed by atoms with Gasteiger partial charge in [-0.05, 0) is 31.0 Å². The van der Waals surface area contributed by atoms with Crippen molar-refractivity contribution in [3.63, 3.8) is 0 Å². The Hall–Kier alpha value is -1.72. The molecule has 0 bridgehead atoms. The van der Waals surface area contributed by atoms with Crippen LogP contribution in [0.15, 0.2) is 18.2 Å². The normalized spacial score (nSPS) is 15.7. The first-order valence-corrected chi connectivity index (χ1v) is 5.20. The molecule has 17 heavy (non-hydrogen) atoms. The van der Waals surface area contributed by atoms with Gasteiger partial charge >= 0.3 is 6.18 Å². The van der Waals surface area contributed by atoms with E-state index in [4.69, 9.17) is 11.1 Å². The van der Waals surface area contributed by atoms with Crippen molar-refractivity contribution in [1.82, 2.24) is 0 Å². The number of anilines is 1. The lowest BCUT2D eigenvalue weighted by atomic mass is 10.1. The molecule has 0 radical (unpaired) electrons. The van der Waals surface area contributed by atoms with E-state index in [2.05, 4.69) is 5.32 Å². The highest BCUT2D eigenvalue weighted by Gasteiger charge is 2.31. The predicted octanol–water partition coefficient (Wildman–Crippen LogP) is 2.56. The van der Waals surface area contributed by atoms with Gasteiger partial charge in [-0.1, -0.05) is 0 Å². The van der Waals surface area contributed by atoms with Crippen LogP contribution in [0.25, 0.3) is 0 Å². The van der Waals surface area contributed by atoms with Gasteiger partial charge in [0.1, 0.15) is 5.84 Å². The smallest absolute Gasteiger partial charge is 0.384 e. The summed E-state index contributed by atoms with van der Waals surface area (Å²) in [7, 11) is 0. The first-order chi connectivity index (χ1) is 7.88. The van der Waals surface area contributed by atoms with Gasteiger partial charge in [-0.25, -0.2) is 0 Å². The quantitative estimate of drug-likeness (QED) is 0.564. The van der Waals surface area contributed by atoms with Crippen molar-refractivity contribution in [2.45, 2.75) is 25.1 Å². The largest absolute Gasteiger partial charge is 0.416 e. The van der Waals surface area contributed by atoms with Gasteiger partial charge in [-0.15, -0.1) is 0 Å². The molecule has 0 aromatic heterocycles. The molecule has 1 aromatic carbocycles. The van der Waals surface area contributed by atoms with Crippen LogP contribution in [0.4, 0.5) is 18.9 Å². The highest BCUT2D eigenvalue weighted by atomic mass is 19.4. The second kappa shape index (κ2) is 3.94. The van der Waals surface area contributed by atoms with Crippen molar-refractivity contribution in [3.8, 4) is 0 Å². The third kappa shape index (κ3) is 2.69. The van der Waals surface area contributed by atoms with E-state index >= 15 is 0 Å². The van der Waals surface area contributed by atoms with Crippen molar-refractivity contribution >= 4 is 11.5 Å². The predicted molar refractivity (Wildman–Crippen MR) is 59.1 cm³/mol. The monoisotopic (exact) mass is 243 g/mol. The molecular formula is C11H12F3N3. The summed E-state index contributed by atoms with van der Waals surface area (Å²) in [6, 6.07) is 3.53. The first kappa shape index (κ1) is 11.8. The van der Waals surface area contributed by atoms with E-state index in [1.165, 1.54) is 6.07 Å². The van der Waals surface area contributed by atoms with Crippen molar-refractivity contribution in [2.24, 2.45) is 5.73 Å². The fraction of sp³-hybridized carbons (Fsp3) is 0.364. The van der Waals surface area contributed by atoms with E-state index in [0.717, 1.165) is 25.0 Å². The number of nitrogens with two attached hydrogens (primary N) is 1. The zero-order chi connectivity index (χ0) is 12.6. The minimum absolute atomic E-state index is 0.103. The van der Waals surface area contributed by atoms with Crippen LogP contribution in [-0.4, -0.2) is 11.9 Å². The summed E-state index contributed by atoms with van der Waals surface area (Å²) < 4.78 is 37.5. The van der Waals surface area contributed by atoms with E-state index < -0.39 is 11.7 Å². The molecular weight excluding hydrogens is 231 g/mol. The molecule has 0 spiro atoms. The third-order valence-corrected chi connectivity index (χ3v) is 2.57. The summed E-state index contributed by atoms with van der Waals surface area (Å²) in [5, 5.41) is 10.4. The second-order valence-electron chi connectivity index (χ2n) is 4.09. The molecule has 0 aliphatic heterocycles. The van der Waals surface area contributed by atoms with Crippen LogP contribution in [0.3, 0.4) is 0 Å². The minimum Gasteiger partial charge on any atom is -0.384 e. The molecule has 0 amide bonds. The van der Waals surface area contributed by atoms with E-state index in [0.29, 0.717) is 11.7 Å². The third-order valence-electron chi connectivity index (χ3n) is 2.57. The molecule has 1 saturated carbocycles. The van der Waals surface area contributed by atoms with Crippen LogP contribution in [0.5, 0.6) is 0 Å². The van der Waals surface area contributed by atoms with Gasteiger partial charge in [0.15, 0.2) is 0 Å². The average Bonchev–Trinajstić information content (AvgIpc) is 3.00. The molecule has 1 aliphatic rings. The van der Waals surface area contributed by atoms with E-state index in [9.17, 15) is 13.2 Å². The van der Waals surface area contributed by atoms with Crippen LogP contribution in [0, 0.1) is 5.41 Å². The molecule has 6 heteroatoms. The van der Waals surface area contributed by atoms with Crippen LogP contribution in [-0.2, 0) is 6.18 Å². The molecule has 0 saturated heterocycles. The molecule has 0 unspecified atom stereocenters. The van der Waals surface area contributed by atoms with Crippen molar-refractivity contribution in [1.29, 1.82) is 5.41 Å². The zero-order valence-electron chi connectivity index (χ0n) is 8.93. The van der Waals surface area contributed by atoms with Gasteiger partial charge in [0, 0.05) is 17.3 Å². The summed E-state index contributed by atoms with van der Waals surface area (Å²) >= 11 is 0. The number of benzene rings is 1. The number of hydrogen-bond acceptors (Lipinski definition) is 2. The Balaban J connectivity index is 2.36. The van der Waals surface area contributed by atoms with Gasteiger partial charge in [0.25, 0.3) is 0 Å². The number of alkyl halides is 3. The number of hydrogen-bond donors (Lipinski definition) is 3. The molecule has 0 heterocycles. The topological polar surface area (TPSA) is 61.9 Å². The Labute approximate surface area is 96.3 Å². The van der Waals surface area contributed by atoms with E-state index in [1.54, 1.807) is 0 Å². The summed E-state index contributed by atoms with van der Waals surface area (Å²) in [5.74, 6) is -0.362. The fourth-order valence-electron chi connectivity index (χ4n) is 1.52. The summed E-state index contributed by atoms with van der Waals surface area (Å²) in [6.07, 6.45) is -2.42. The van der Waals surface area contributed by atoms with Gasteiger partial charge in [0.2, 0.25) is 0 Å². The Morgan fingerprint density at radius 3 is 2.47 bits per heavy atom. The molecule has 1 fully saturated rings. The molecule has 92 valence electrons. The number of nitrogen functional groups attached to an aromatic ring is 1. The Morgan fingerprint density at radius 1 is 1.35 bits per heavy atom. The van der Waals surface area contributed by atoms with Gasteiger partial charge < -0.3 is 11.1 Å². The lowest BCUT2D eigenvalue weighted by molar-refractivity contribution is -0.137. The van der Waals surface area contributed by atoms with Gasteiger partial charge in [-0.3, -0.25) is 5.41 Å².